The second-order valence-electron chi connectivity index (χ2n) is 4.26. The molecule has 0 bridgehead atoms. The van der Waals surface area contributed by atoms with Crippen molar-refractivity contribution in [2.24, 2.45) is 5.92 Å². The molecule has 1 heterocycles. The van der Waals surface area contributed by atoms with E-state index in [1.165, 1.54) is 25.7 Å². The molecule has 0 aromatic carbocycles. The highest BCUT2D eigenvalue weighted by Gasteiger charge is 2.32. The number of rotatable bonds is 2. The van der Waals surface area contributed by atoms with Gasteiger partial charge in [0, 0.05) is 12.6 Å². The third kappa shape index (κ3) is 1.85. The van der Waals surface area contributed by atoms with Crippen LogP contribution >= 0.6 is 0 Å². The molecule has 2 fully saturated rings. The quantitative estimate of drug-likeness (QED) is 0.702. The molecule has 1 aliphatic carbocycles. The highest BCUT2D eigenvalue weighted by atomic mass is 16.4. The highest BCUT2D eigenvalue weighted by molar-refractivity contribution is 5.70. The summed E-state index contributed by atoms with van der Waals surface area (Å²) in [6.45, 7) is 1.79. The molecule has 0 unspecified atom stereocenters. The third-order valence-corrected chi connectivity index (χ3v) is 3.41. The Morgan fingerprint density at radius 1 is 1.23 bits per heavy atom. The van der Waals surface area contributed by atoms with Crippen molar-refractivity contribution < 1.29 is 9.90 Å². The second-order valence-corrected chi connectivity index (χ2v) is 4.26. The Bertz CT molecular complexity index is 199. The van der Waals surface area contributed by atoms with E-state index >= 15 is 0 Å². The zero-order valence-corrected chi connectivity index (χ0v) is 7.91. The molecular weight excluding hydrogens is 166 g/mol. The number of carboxylic acid groups (broad SMARTS) is 1. The van der Waals surface area contributed by atoms with Crippen molar-refractivity contribution in [2.75, 3.05) is 13.1 Å². The van der Waals surface area contributed by atoms with E-state index in [9.17, 15) is 4.79 Å². The maximum absolute atomic E-state index is 10.7. The van der Waals surface area contributed by atoms with Crippen LogP contribution in [0.2, 0.25) is 0 Å². The van der Waals surface area contributed by atoms with Crippen molar-refractivity contribution in [1.82, 2.24) is 4.90 Å². The summed E-state index contributed by atoms with van der Waals surface area (Å²) in [5.41, 5.74) is 0. The average molecular weight is 183 g/mol. The molecule has 1 saturated heterocycles. The van der Waals surface area contributed by atoms with E-state index in [4.69, 9.17) is 5.11 Å². The van der Waals surface area contributed by atoms with Gasteiger partial charge in [-0.05, 0) is 25.8 Å². The number of hydrogen-bond acceptors (Lipinski definition) is 2. The third-order valence-electron chi connectivity index (χ3n) is 3.41. The first-order valence-electron chi connectivity index (χ1n) is 5.24. The van der Waals surface area contributed by atoms with E-state index < -0.39 is 5.97 Å². The van der Waals surface area contributed by atoms with Crippen molar-refractivity contribution in [1.29, 1.82) is 0 Å². The largest absolute Gasteiger partial charge is 0.481 e. The van der Waals surface area contributed by atoms with E-state index in [0.29, 0.717) is 6.04 Å². The van der Waals surface area contributed by atoms with Crippen LogP contribution in [0.15, 0.2) is 0 Å². The maximum Gasteiger partial charge on any atom is 0.307 e. The molecule has 2 rings (SSSR count). The van der Waals surface area contributed by atoms with Crippen LogP contribution in [0.3, 0.4) is 0 Å². The molecule has 3 heteroatoms. The van der Waals surface area contributed by atoms with Gasteiger partial charge < -0.3 is 5.11 Å². The van der Waals surface area contributed by atoms with E-state index in [1.54, 1.807) is 0 Å². The predicted octanol–water partition coefficient (Wildman–Crippen LogP) is 1.34. The number of hydrogen-bond donors (Lipinski definition) is 1. The van der Waals surface area contributed by atoms with E-state index in [2.05, 4.69) is 4.90 Å². The zero-order valence-electron chi connectivity index (χ0n) is 7.91. The summed E-state index contributed by atoms with van der Waals surface area (Å²) in [5, 5.41) is 8.85. The lowest BCUT2D eigenvalue weighted by atomic mass is 10.1. The van der Waals surface area contributed by atoms with Crippen molar-refractivity contribution in [3.05, 3.63) is 0 Å². The van der Waals surface area contributed by atoms with Crippen LogP contribution in [0.1, 0.15) is 32.1 Å². The molecule has 0 spiro atoms. The van der Waals surface area contributed by atoms with Crippen molar-refractivity contribution >= 4 is 5.97 Å². The normalized spacial score (nSPS) is 31.2. The summed E-state index contributed by atoms with van der Waals surface area (Å²) < 4.78 is 0. The summed E-state index contributed by atoms with van der Waals surface area (Å²) in [5.74, 6) is -0.707. The van der Waals surface area contributed by atoms with Gasteiger partial charge >= 0.3 is 5.97 Å². The van der Waals surface area contributed by atoms with Crippen molar-refractivity contribution in [2.45, 2.75) is 38.1 Å². The second kappa shape index (κ2) is 3.66. The Balaban J connectivity index is 1.86. The summed E-state index contributed by atoms with van der Waals surface area (Å²) >= 11 is 0. The van der Waals surface area contributed by atoms with Gasteiger partial charge in [-0.1, -0.05) is 12.8 Å². The topological polar surface area (TPSA) is 40.5 Å². The number of carboxylic acids is 1. The van der Waals surface area contributed by atoms with E-state index in [-0.39, 0.29) is 5.92 Å². The van der Waals surface area contributed by atoms with Gasteiger partial charge in [-0.25, -0.2) is 0 Å². The molecule has 0 aromatic heterocycles. The molecule has 1 aliphatic heterocycles. The first-order valence-corrected chi connectivity index (χ1v) is 5.24. The molecule has 0 radical (unpaired) electrons. The smallest absolute Gasteiger partial charge is 0.307 e. The molecular formula is C10H17NO2. The van der Waals surface area contributed by atoms with Crippen LogP contribution in [0.5, 0.6) is 0 Å². The Morgan fingerprint density at radius 3 is 2.46 bits per heavy atom. The Morgan fingerprint density at radius 2 is 1.92 bits per heavy atom. The molecule has 0 aromatic rings. The highest BCUT2D eigenvalue weighted by Crippen LogP contribution is 2.28. The molecule has 1 saturated carbocycles. The van der Waals surface area contributed by atoms with Gasteiger partial charge in [-0.15, -0.1) is 0 Å². The molecule has 1 N–H and O–H groups in total. The van der Waals surface area contributed by atoms with Crippen LogP contribution in [-0.2, 0) is 4.79 Å². The molecule has 74 valence electrons. The fraction of sp³-hybridized carbons (Fsp3) is 0.900. The molecule has 13 heavy (non-hydrogen) atoms. The van der Waals surface area contributed by atoms with E-state index in [1.807, 2.05) is 0 Å². The standard InChI is InChI=1S/C10H17NO2/c12-10(13)8-5-6-11(7-8)9-3-1-2-4-9/h8-9H,1-7H2,(H,12,13)/t8-/m0/s1. The van der Waals surface area contributed by atoms with Gasteiger partial charge in [0.1, 0.15) is 0 Å². The van der Waals surface area contributed by atoms with E-state index in [0.717, 1.165) is 19.5 Å². The first-order chi connectivity index (χ1) is 6.27. The van der Waals surface area contributed by atoms with Crippen molar-refractivity contribution in [3.8, 4) is 0 Å². The SMILES string of the molecule is O=C(O)[C@H]1CCN(C2CCCC2)C1. The number of nitrogens with zero attached hydrogens (tertiary/aromatic N) is 1. The number of aliphatic carboxylic acids is 1. The first kappa shape index (κ1) is 9.00. The molecule has 2 aliphatic rings. The Hall–Kier alpha value is -0.570. The van der Waals surface area contributed by atoms with Gasteiger partial charge in [0.2, 0.25) is 0 Å². The van der Waals surface area contributed by atoms with Crippen LogP contribution in [0, 0.1) is 5.92 Å². The van der Waals surface area contributed by atoms with Crippen LogP contribution in [0.25, 0.3) is 0 Å². The fourth-order valence-corrected chi connectivity index (χ4v) is 2.59. The average Bonchev–Trinajstić information content (AvgIpc) is 2.75. The maximum atomic E-state index is 10.7. The zero-order chi connectivity index (χ0) is 9.26. The minimum absolute atomic E-state index is 0.0967. The summed E-state index contributed by atoms with van der Waals surface area (Å²) in [7, 11) is 0. The van der Waals surface area contributed by atoms with Gasteiger partial charge in [0.15, 0.2) is 0 Å². The van der Waals surface area contributed by atoms with Gasteiger partial charge in [-0.2, -0.15) is 0 Å². The molecule has 1 atom stereocenters. The fourth-order valence-electron chi connectivity index (χ4n) is 2.59. The predicted molar refractivity (Wildman–Crippen MR) is 49.6 cm³/mol. The van der Waals surface area contributed by atoms with Crippen molar-refractivity contribution in [3.63, 3.8) is 0 Å². The summed E-state index contributed by atoms with van der Waals surface area (Å²) in [4.78, 5) is 13.1. The lowest BCUT2D eigenvalue weighted by Crippen LogP contribution is -2.31. The number of likely N-dealkylation sites (tertiary alicyclic amines) is 1. The number of carbonyl (C=O) groups is 1. The lowest BCUT2D eigenvalue weighted by molar-refractivity contribution is -0.141. The monoisotopic (exact) mass is 183 g/mol. The van der Waals surface area contributed by atoms with Crippen LogP contribution in [0.4, 0.5) is 0 Å². The minimum Gasteiger partial charge on any atom is -0.481 e. The summed E-state index contributed by atoms with van der Waals surface area (Å²) in [6.07, 6.45) is 6.09. The lowest BCUT2D eigenvalue weighted by Gasteiger charge is -2.22. The molecule has 3 nitrogen and oxygen atoms in total. The van der Waals surface area contributed by atoms with Gasteiger partial charge in [0.05, 0.1) is 5.92 Å². The minimum atomic E-state index is -0.611. The van der Waals surface area contributed by atoms with Crippen LogP contribution < -0.4 is 0 Å². The van der Waals surface area contributed by atoms with Crippen LogP contribution in [-0.4, -0.2) is 35.1 Å². The van der Waals surface area contributed by atoms with Gasteiger partial charge in [0.25, 0.3) is 0 Å². The Labute approximate surface area is 78.7 Å². The van der Waals surface area contributed by atoms with Gasteiger partial charge in [-0.3, -0.25) is 9.69 Å². The molecule has 0 amide bonds. The Kier molecular flexibility index (Phi) is 2.54. The summed E-state index contributed by atoms with van der Waals surface area (Å²) in [6, 6.07) is 0.698.